The zero-order valence-electron chi connectivity index (χ0n) is 16.8. The number of aryl methyl sites for hydroxylation is 2. The molecule has 0 saturated heterocycles. The maximum atomic E-state index is 12.5. The summed E-state index contributed by atoms with van der Waals surface area (Å²) in [5, 5.41) is 12.0. The number of rotatable bonds is 5. The first-order valence-electron chi connectivity index (χ1n) is 9.61. The number of carbonyl (C=O) groups excluding carboxylic acids is 1. The van der Waals surface area contributed by atoms with Crippen LogP contribution in [-0.4, -0.2) is 11.0 Å². The van der Waals surface area contributed by atoms with Crippen molar-refractivity contribution in [3.63, 3.8) is 0 Å². The van der Waals surface area contributed by atoms with Gasteiger partial charge >= 0.3 is 6.03 Å². The Balaban J connectivity index is 1.46. The van der Waals surface area contributed by atoms with Crippen LogP contribution in [0.1, 0.15) is 11.1 Å². The fourth-order valence-electron chi connectivity index (χ4n) is 3.15. The molecular weight excluding hydrogens is 392 g/mol. The SMILES string of the molecule is Cc1cccc(C)c1NC(=O)Nc1cccc(-c2csc(Nc3ccccc3)n2)c1. The number of nitrogens with zero attached hydrogens (tertiary/aromatic N) is 1. The minimum Gasteiger partial charge on any atom is -0.332 e. The van der Waals surface area contributed by atoms with Gasteiger partial charge in [-0.2, -0.15) is 0 Å². The van der Waals surface area contributed by atoms with Crippen LogP contribution >= 0.6 is 11.3 Å². The Morgan fingerprint density at radius 1 is 0.833 bits per heavy atom. The van der Waals surface area contributed by atoms with Crippen molar-refractivity contribution in [3.8, 4) is 11.3 Å². The van der Waals surface area contributed by atoms with Gasteiger partial charge in [-0.3, -0.25) is 0 Å². The van der Waals surface area contributed by atoms with E-state index in [1.165, 1.54) is 0 Å². The van der Waals surface area contributed by atoms with Crippen LogP contribution in [0.2, 0.25) is 0 Å². The van der Waals surface area contributed by atoms with Gasteiger partial charge in [-0.15, -0.1) is 11.3 Å². The number of benzene rings is 3. The molecule has 3 aromatic carbocycles. The first-order chi connectivity index (χ1) is 14.6. The first-order valence-corrected chi connectivity index (χ1v) is 10.5. The molecule has 6 heteroatoms. The Kier molecular flexibility index (Phi) is 5.77. The summed E-state index contributed by atoms with van der Waals surface area (Å²) in [5.74, 6) is 0. The van der Waals surface area contributed by atoms with Crippen LogP contribution in [0, 0.1) is 13.8 Å². The number of hydrogen-bond acceptors (Lipinski definition) is 4. The second-order valence-corrected chi connectivity index (χ2v) is 7.81. The van der Waals surface area contributed by atoms with Crippen LogP contribution in [0.25, 0.3) is 11.3 Å². The van der Waals surface area contributed by atoms with Gasteiger partial charge < -0.3 is 16.0 Å². The minimum absolute atomic E-state index is 0.269. The van der Waals surface area contributed by atoms with Crippen LogP contribution < -0.4 is 16.0 Å². The molecule has 2 amide bonds. The predicted octanol–water partition coefficient (Wildman–Crippen LogP) is 6.81. The van der Waals surface area contributed by atoms with E-state index in [-0.39, 0.29) is 6.03 Å². The Labute approximate surface area is 179 Å². The van der Waals surface area contributed by atoms with Crippen molar-refractivity contribution in [1.82, 2.24) is 4.98 Å². The van der Waals surface area contributed by atoms with Gasteiger partial charge in [0.2, 0.25) is 0 Å². The predicted molar refractivity (Wildman–Crippen MR) is 126 cm³/mol. The highest BCUT2D eigenvalue weighted by atomic mass is 32.1. The van der Waals surface area contributed by atoms with Crippen molar-refractivity contribution in [1.29, 1.82) is 0 Å². The van der Waals surface area contributed by atoms with E-state index in [9.17, 15) is 4.79 Å². The third-order valence-corrected chi connectivity index (χ3v) is 5.42. The Morgan fingerprint density at radius 3 is 2.30 bits per heavy atom. The summed E-state index contributed by atoms with van der Waals surface area (Å²) in [7, 11) is 0. The van der Waals surface area contributed by atoms with Crippen molar-refractivity contribution in [2.24, 2.45) is 0 Å². The fraction of sp³-hybridized carbons (Fsp3) is 0.0833. The highest BCUT2D eigenvalue weighted by molar-refractivity contribution is 7.14. The molecule has 30 heavy (non-hydrogen) atoms. The van der Waals surface area contributed by atoms with Gasteiger partial charge in [0.25, 0.3) is 0 Å². The number of para-hydroxylation sites is 2. The molecule has 150 valence electrons. The van der Waals surface area contributed by atoms with Crippen molar-refractivity contribution < 1.29 is 4.79 Å². The number of thiazole rings is 1. The average Bonchev–Trinajstić information content (AvgIpc) is 3.20. The number of amides is 2. The van der Waals surface area contributed by atoms with Gasteiger partial charge in [0.05, 0.1) is 5.69 Å². The molecule has 4 aromatic rings. The second kappa shape index (κ2) is 8.80. The Morgan fingerprint density at radius 2 is 1.53 bits per heavy atom. The van der Waals surface area contributed by atoms with Gasteiger partial charge in [-0.1, -0.05) is 48.5 Å². The number of aromatic nitrogens is 1. The zero-order chi connectivity index (χ0) is 20.9. The number of urea groups is 1. The van der Waals surface area contributed by atoms with Gasteiger partial charge in [0, 0.05) is 28.0 Å². The molecule has 0 saturated carbocycles. The second-order valence-electron chi connectivity index (χ2n) is 6.96. The normalized spacial score (nSPS) is 10.5. The fourth-order valence-corrected chi connectivity index (χ4v) is 3.89. The summed E-state index contributed by atoms with van der Waals surface area (Å²) in [6, 6.07) is 23.3. The molecule has 0 unspecified atom stereocenters. The van der Waals surface area contributed by atoms with Gasteiger partial charge in [0.15, 0.2) is 5.13 Å². The summed E-state index contributed by atoms with van der Waals surface area (Å²) in [6.45, 7) is 3.96. The third kappa shape index (κ3) is 4.67. The summed E-state index contributed by atoms with van der Waals surface area (Å²) >= 11 is 1.54. The topological polar surface area (TPSA) is 66.1 Å². The molecule has 0 aliphatic carbocycles. The molecule has 0 radical (unpaired) electrons. The highest BCUT2D eigenvalue weighted by Crippen LogP contribution is 2.28. The number of nitrogens with one attached hydrogen (secondary N) is 3. The molecule has 0 fully saturated rings. The molecule has 1 aromatic heterocycles. The lowest BCUT2D eigenvalue weighted by molar-refractivity contribution is 0.262. The molecule has 0 spiro atoms. The Hall–Kier alpha value is -3.64. The molecule has 0 aliphatic heterocycles. The lowest BCUT2D eigenvalue weighted by atomic mass is 10.1. The first kappa shape index (κ1) is 19.7. The highest BCUT2D eigenvalue weighted by Gasteiger charge is 2.09. The van der Waals surface area contributed by atoms with Crippen molar-refractivity contribution in [2.45, 2.75) is 13.8 Å². The minimum atomic E-state index is -0.269. The molecule has 5 nitrogen and oxygen atoms in total. The number of carbonyl (C=O) groups is 1. The van der Waals surface area contributed by atoms with E-state index >= 15 is 0 Å². The third-order valence-electron chi connectivity index (χ3n) is 4.67. The van der Waals surface area contributed by atoms with Crippen LogP contribution in [0.5, 0.6) is 0 Å². The number of hydrogen-bond donors (Lipinski definition) is 3. The summed E-state index contributed by atoms with van der Waals surface area (Å²) in [6.07, 6.45) is 0. The van der Waals surface area contributed by atoms with Crippen molar-refractivity contribution in [2.75, 3.05) is 16.0 Å². The molecule has 1 heterocycles. The smallest absolute Gasteiger partial charge is 0.323 e. The van der Waals surface area contributed by atoms with E-state index in [1.54, 1.807) is 11.3 Å². The summed E-state index contributed by atoms with van der Waals surface area (Å²) in [5.41, 5.74) is 6.40. The lowest BCUT2D eigenvalue weighted by Gasteiger charge is -2.12. The van der Waals surface area contributed by atoms with E-state index in [0.29, 0.717) is 5.69 Å². The summed E-state index contributed by atoms with van der Waals surface area (Å²) < 4.78 is 0. The maximum absolute atomic E-state index is 12.5. The largest absolute Gasteiger partial charge is 0.332 e. The van der Waals surface area contributed by atoms with Gasteiger partial charge in [-0.25, -0.2) is 9.78 Å². The number of anilines is 4. The van der Waals surface area contributed by atoms with Crippen LogP contribution in [0.4, 0.5) is 27.0 Å². The van der Waals surface area contributed by atoms with Crippen molar-refractivity contribution >= 4 is 39.6 Å². The van der Waals surface area contributed by atoms with E-state index in [2.05, 4.69) is 20.9 Å². The molecule has 0 bridgehead atoms. The van der Waals surface area contributed by atoms with E-state index in [1.807, 2.05) is 92.0 Å². The van der Waals surface area contributed by atoms with Gasteiger partial charge in [0.1, 0.15) is 0 Å². The standard InChI is InChI=1S/C24H22N4OS/c1-16-8-6-9-17(2)22(16)28-23(29)25-20-13-7-10-18(14-20)21-15-30-24(27-21)26-19-11-4-3-5-12-19/h3-15H,1-2H3,(H,26,27)(H2,25,28,29). The van der Waals surface area contributed by atoms with Gasteiger partial charge in [-0.05, 0) is 49.2 Å². The Bertz CT molecular complexity index is 1150. The van der Waals surface area contributed by atoms with E-state index in [4.69, 9.17) is 0 Å². The molecule has 3 N–H and O–H groups in total. The van der Waals surface area contributed by atoms with E-state index < -0.39 is 0 Å². The molecule has 0 aliphatic rings. The molecular formula is C24H22N4OS. The zero-order valence-corrected chi connectivity index (χ0v) is 17.6. The van der Waals surface area contributed by atoms with Crippen LogP contribution in [0.3, 0.4) is 0 Å². The average molecular weight is 415 g/mol. The van der Waals surface area contributed by atoms with Crippen molar-refractivity contribution in [3.05, 3.63) is 89.3 Å². The van der Waals surface area contributed by atoms with Crippen LogP contribution in [0.15, 0.2) is 78.2 Å². The molecule has 4 rings (SSSR count). The lowest BCUT2D eigenvalue weighted by Crippen LogP contribution is -2.20. The quantitative estimate of drug-likeness (QED) is 0.336. The van der Waals surface area contributed by atoms with Crippen LogP contribution in [-0.2, 0) is 0 Å². The molecule has 0 atom stereocenters. The monoisotopic (exact) mass is 414 g/mol. The van der Waals surface area contributed by atoms with E-state index in [0.717, 1.165) is 38.9 Å². The maximum Gasteiger partial charge on any atom is 0.323 e. The summed E-state index contributed by atoms with van der Waals surface area (Å²) in [4.78, 5) is 17.2.